The van der Waals surface area contributed by atoms with E-state index in [1.54, 1.807) is 0 Å². The summed E-state index contributed by atoms with van der Waals surface area (Å²) in [4.78, 5) is 41.6. The zero-order valence-electron chi connectivity index (χ0n) is 19.6. The van der Waals surface area contributed by atoms with Crippen molar-refractivity contribution >= 4 is 23.4 Å². The van der Waals surface area contributed by atoms with E-state index in [2.05, 4.69) is 31.3 Å². The maximum absolute atomic E-state index is 12.9. The van der Waals surface area contributed by atoms with Crippen LogP contribution in [0.2, 0.25) is 0 Å². The molecule has 0 saturated carbocycles. The van der Waals surface area contributed by atoms with E-state index in [9.17, 15) is 14.4 Å². The molecule has 2 saturated heterocycles. The fourth-order valence-electron chi connectivity index (χ4n) is 4.52. The van der Waals surface area contributed by atoms with Gasteiger partial charge in [-0.1, -0.05) is 26.0 Å². The first kappa shape index (κ1) is 23.3. The Morgan fingerprint density at radius 1 is 1.10 bits per heavy atom. The zero-order valence-corrected chi connectivity index (χ0v) is 19.6. The minimum Gasteiger partial charge on any atom is -0.342 e. The van der Waals surface area contributed by atoms with E-state index < -0.39 is 0 Å². The number of carbonyl (C=O) groups excluding carboxylic acids is 3. The number of benzene rings is 1. The van der Waals surface area contributed by atoms with Gasteiger partial charge in [0, 0.05) is 43.2 Å². The van der Waals surface area contributed by atoms with Crippen molar-refractivity contribution in [3.8, 4) is 0 Å². The van der Waals surface area contributed by atoms with Crippen molar-refractivity contribution in [1.29, 1.82) is 0 Å². The van der Waals surface area contributed by atoms with Crippen LogP contribution in [0.3, 0.4) is 0 Å². The zero-order chi connectivity index (χ0) is 22.8. The molecule has 0 aromatic heterocycles. The molecule has 3 amide bonds. The summed E-state index contributed by atoms with van der Waals surface area (Å²) < 4.78 is 0. The maximum atomic E-state index is 12.9. The molecule has 2 fully saturated rings. The van der Waals surface area contributed by atoms with Crippen molar-refractivity contribution in [3.05, 3.63) is 29.8 Å². The molecule has 170 valence electrons. The van der Waals surface area contributed by atoms with Gasteiger partial charge in [0.2, 0.25) is 17.7 Å². The highest BCUT2D eigenvalue weighted by Gasteiger charge is 2.41. The van der Waals surface area contributed by atoms with Crippen LogP contribution >= 0.6 is 0 Å². The summed E-state index contributed by atoms with van der Waals surface area (Å²) in [5.74, 6) is 0.297. The predicted molar refractivity (Wildman–Crippen MR) is 123 cm³/mol. The van der Waals surface area contributed by atoms with Crippen LogP contribution in [0, 0.1) is 11.8 Å². The van der Waals surface area contributed by atoms with E-state index in [-0.39, 0.29) is 35.1 Å². The van der Waals surface area contributed by atoms with Crippen LogP contribution in [0.15, 0.2) is 24.3 Å². The summed E-state index contributed by atoms with van der Waals surface area (Å²) in [5, 5.41) is 3.03. The molecule has 6 nitrogen and oxygen atoms in total. The molecular weight excluding hydrogens is 390 g/mol. The lowest BCUT2D eigenvalue weighted by atomic mass is 9.94. The lowest BCUT2D eigenvalue weighted by molar-refractivity contribution is -0.138. The van der Waals surface area contributed by atoms with Crippen molar-refractivity contribution in [2.24, 2.45) is 11.8 Å². The number of likely N-dealkylation sites (tertiary alicyclic amines) is 2. The second-order valence-electron chi connectivity index (χ2n) is 10.1. The highest BCUT2D eigenvalue weighted by atomic mass is 16.2. The molecule has 0 radical (unpaired) electrons. The van der Waals surface area contributed by atoms with E-state index >= 15 is 0 Å². The second-order valence-corrected chi connectivity index (χ2v) is 10.1. The summed E-state index contributed by atoms with van der Waals surface area (Å²) >= 11 is 0. The van der Waals surface area contributed by atoms with Crippen LogP contribution in [0.5, 0.6) is 0 Å². The van der Waals surface area contributed by atoms with Gasteiger partial charge in [-0.05, 0) is 63.6 Å². The number of piperidine rings is 1. The molecule has 3 rings (SSSR count). The van der Waals surface area contributed by atoms with Crippen molar-refractivity contribution < 1.29 is 14.4 Å². The molecule has 0 aliphatic carbocycles. The fourth-order valence-corrected chi connectivity index (χ4v) is 4.52. The number of hydrogen-bond donors (Lipinski definition) is 1. The molecule has 31 heavy (non-hydrogen) atoms. The lowest BCUT2D eigenvalue weighted by Gasteiger charge is -2.34. The first-order valence-corrected chi connectivity index (χ1v) is 11.6. The molecule has 2 unspecified atom stereocenters. The van der Waals surface area contributed by atoms with Gasteiger partial charge in [0.05, 0.1) is 5.92 Å². The van der Waals surface area contributed by atoms with E-state index in [0.717, 1.165) is 12.1 Å². The van der Waals surface area contributed by atoms with Crippen LogP contribution in [0.25, 0.3) is 0 Å². The quantitative estimate of drug-likeness (QED) is 0.771. The smallest absolute Gasteiger partial charge is 0.227 e. The van der Waals surface area contributed by atoms with Gasteiger partial charge < -0.3 is 15.1 Å². The molecule has 1 aromatic carbocycles. The molecule has 1 aromatic rings. The third-order valence-electron chi connectivity index (χ3n) is 6.82. The van der Waals surface area contributed by atoms with Crippen molar-refractivity contribution in [1.82, 2.24) is 9.80 Å². The van der Waals surface area contributed by atoms with E-state index in [0.29, 0.717) is 44.8 Å². The summed E-state index contributed by atoms with van der Waals surface area (Å²) in [7, 11) is 0. The molecular formula is C25H37N3O3. The Morgan fingerprint density at radius 2 is 1.71 bits per heavy atom. The Morgan fingerprint density at radius 3 is 2.23 bits per heavy atom. The van der Waals surface area contributed by atoms with Crippen molar-refractivity contribution in [2.75, 3.05) is 25.0 Å². The number of nitrogens with zero attached hydrogens (tertiary/aromatic N) is 2. The minimum atomic E-state index is -0.263. The molecule has 0 bridgehead atoms. The summed E-state index contributed by atoms with van der Waals surface area (Å²) in [5.41, 5.74) is 1.84. The molecule has 6 heteroatoms. The third kappa shape index (κ3) is 5.46. The van der Waals surface area contributed by atoms with Crippen LogP contribution in [-0.2, 0) is 14.4 Å². The normalized spacial score (nSPS) is 21.3. The number of nitrogens with one attached hydrogen (secondary N) is 1. The van der Waals surface area contributed by atoms with Crippen LogP contribution in [0.1, 0.15) is 71.8 Å². The van der Waals surface area contributed by atoms with Crippen LogP contribution in [-0.4, -0.2) is 52.7 Å². The molecule has 2 aliphatic heterocycles. The fraction of sp³-hybridized carbons (Fsp3) is 0.640. The Hall–Kier alpha value is -2.37. The average Bonchev–Trinajstić information content (AvgIpc) is 3.15. The number of hydrogen-bond acceptors (Lipinski definition) is 3. The number of anilines is 1. The van der Waals surface area contributed by atoms with E-state index in [1.807, 2.05) is 42.7 Å². The first-order valence-electron chi connectivity index (χ1n) is 11.6. The highest BCUT2D eigenvalue weighted by Crippen LogP contribution is 2.29. The standard InChI is InChI=1S/C25H37N3O3/c1-6-17(2)18-7-9-21(10-8-18)26-23(30)19-11-13-27(14-12-19)24(31)20-15-22(29)28(16-20)25(3,4)5/h7-10,17,19-20H,6,11-16H2,1-5H3,(H,26,30). The Labute approximate surface area is 186 Å². The van der Waals surface area contributed by atoms with Crippen molar-refractivity contribution in [2.45, 2.75) is 71.8 Å². The lowest BCUT2D eigenvalue weighted by Crippen LogP contribution is -2.46. The number of carbonyl (C=O) groups is 3. The molecule has 2 atom stereocenters. The monoisotopic (exact) mass is 427 g/mol. The highest BCUT2D eigenvalue weighted by molar-refractivity contribution is 5.93. The number of rotatable bonds is 5. The van der Waals surface area contributed by atoms with Gasteiger partial charge in [-0.2, -0.15) is 0 Å². The van der Waals surface area contributed by atoms with Crippen LogP contribution < -0.4 is 5.32 Å². The molecule has 0 spiro atoms. The topological polar surface area (TPSA) is 69.7 Å². The van der Waals surface area contributed by atoms with Gasteiger partial charge in [0.1, 0.15) is 0 Å². The average molecular weight is 428 g/mol. The minimum absolute atomic E-state index is 0.0262. The molecule has 2 aliphatic rings. The van der Waals surface area contributed by atoms with Gasteiger partial charge in [0.25, 0.3) is 0 Å². The van der Waals surface area contributed by atoms with E-state index in [4.69, 9.17) is 0 Å². The second kappa shape index (κ2) is 9.41. The largest absolute Gasteiger partial charge is 0.342 e. The summed E-state index contributed by atoms with van der Waals surface area (Å²) in [6, 6.07) is 8.09. The number of amides is 3. The van der Waals surface area contributed by atoms with Gasteiger partial charge in [-0.25, -0.2) is 0 Å². The SMILES string of the molecule is CCC(C)c1ccc(NC(=O)C2CCN(C(=O)C3CC(=O)N(C(C)(C)C)C3)CC2)cc1. The summed E-state index contributed by atoms with van der Waals surface area (Å²) in [6.45, 7) is 12.0. The third-order valence-corrected chi connectivity index (χ3v) is 6.82. The Balaban J connectivity index is 1.49. The van der Waals surface area contributed by atoms with Crippen LogP contribution in [0.4, 0.5) is 5.69 Å². The Kier molecular flexibility index (Phi) is 7.07. The van der Waals surface area contributed by atoms with Crippen molar-refractivity contribution in [3.63, 3.8) is 0 Å². The van der Waals surface area contributed by atoms with Gasteiger partial charge >= 0.3 is 0 Å². The summed E-state index contributed by atoms with van der Waals surface area (Å²) in [6.07, 6.45) is 2.70. The predicted octanol–water partition coefficient (Wildman–Crippen LogP) is 4.02. The van der Waals surface area contributed by atoms with Gasteiger partial charge in [-0.15, -0.1) is 0 Å². The molecule has 2 heterocycles. The molecule has 1 N–H and O–H groups in total. The maximum Gasteiger partial charge on any atom is 0.227 e. The Bertz CT molecular complexity index is 804. The van der Waals surface area contributed by atoms with Gasteiger partial charge in [-0.3, -0.25) is 14.4 Å². The first-order chi connectivity index (χ1) is 14.6. The van der Waals surface area contributed by atoms with E-state index in [1.165, 1.54) is 5.56 Å². The van der Waals surface area contributed by atoms with Gasteiger partial charge in [0.15, 0.2) is 0 Å².